The Hall–Kier alpha value is -0.900. The number of hydrogen-bond donors (Lipinski definition) is 1. The first kappa shape index (κ1) is 14.1. The number of halogens is 4. The van der Waals surface area contributed by atoms with E-state index in [1.165, 1.54) is 6.07 Å². The van der Waals surface area contributed by atoms with Crippen molar-refractivity contribution in [2.24, 2.45) is 11.3 Å². The Bertz CT molecular complexity index is 510. The van der Waals surface area contributed by atoms with E-state index in [2.05, 4.69) is 5.32 Å². The van der Waals surface area contributed by atoms with Crippen molar-refractivity contribution < 1.29 is 13.2 Å². The molecule has 1 aromatic rings. The summed E-state index contributed by atoms with van der Waals surface area (Å²) in [6.07, 6.45) is 2.98. The Balaban J connectivity index is 1.49. The summed E-state index contributed by atoms with van der Waals surface area (Å²) >= 11 is 5.71. The summed E-state index contributed by atoms with van der Waals surface area (Å²) < 4.78 is 39.6. The molecule has 1 nitrogen and oxygen atoms in total. The van der Waals surface area contributed by atoms with E-state index in [1.807, 2.05) is 0 Å². The highest BCUT2D eigenvalue weighted by Gasteiger charge is 2.70. The van der Waals surface area contributed by atoms with E-state index in [0.717, 1.165) is 25.1 Å². The molecule has 2 saturated carbocycles. The smallest absolute Gasteiger partial charge is 0.254 e. The summed E-state index contributed by atoms with van der Waals surface area (Å²) in [5.41, 5.74) is 0.0938. The van der Waals surface area contributed by atoms with Gasteiger partial charge >= 0.3 is 0 Å². The summed E-state index contributed by atoms with van der Waals surface area (Å²) in [5.74, 6) is -2.45. The highest BCUT2D eigenvalue weighted by Crippen LogP contribution is 2.67. The second-order valence-electron chi connectivity index (χ2n) is 6.11. The van der Waals surface area contributed by atoms with Crippen LogP contribution in [0, 0.1) is 17.2 Å². The zero-order valence-corrected chi connectivity index (χ0v) is 11.8. The summed E-state index contributed by atoms with van der Waals surface area (Å²) in [6, 6.07) is 4.52. The predicted molar refractivity (Wildman–Crippen MR) is 73.9 cm³/mol. The fraction of sp³-hybridized carbons (Fsp3) is 0.600. The molecule has 2 aliphatic carbocycles. The van der Waals surface area contributed by atoms with Gasteiger partial charge in [-0.3, -0.25) is 0 Å². The van der Waals surface area contributed by atoms with Crippen molar-refractivity contribution >= 4 is 17.3 Å². The number of hydrogen-bond acceptors (Lipinski definition) is 1. The average Bonchev–Trinajstić information content (AvgIpc) is 2.94. The van der Waals surface area contributed by atoms with Gasteiger partial charge in [-0.1, -0.05) is 11.6 Å². The molecule has 1 N–H and O–H groups in total. The third kappa shape index (κ3) is 2.50. The van der Waals surface area contributed by atoms with Crippen molar-refractivity contribution in [2.75, 3.05) is 11.9 Å². The summed E-state index contributed by atoms with van der Waals surface area (Å²) in [4.78, 5) is 0. The molecule has 0 bridgehead atoms. The van der Waals surface area contributed by atoms with E-state index in [9.17, 15) is 13.2 Å². The molecule has 2 aliphatic rings. The zero-order chi connectivity index (χ0) is 14.4. The molecule has 0 saturated heterocycles. The lowest BCUT2D eigenvalue weighted by Crippen LogP contribution is -2.25. The van der Waals surface area contributed by atoms with Crippen LogP contribution in [0.1, 0.15) is 32.1 Å². The van der Waals surface area contributed by atoms with E-state index in [-0.39, 0.29) is 11.4 Å². The van der Waals surface area contributed by atoms with Gasteiger partial charge in [0.1, 0.15) is 5.82 Å². The zero-order valence-electron chi connectivity index (χ0n) is 11.1. The highest BCUT2D eigenvalue weighted by molar-refractivity contribution is 6.31. The molecule has 0 radical (unpaired) electrons. The maximum atomic E-state index is 13.3. The largest absolute Gasteiger partial charge is 0.385 e. The number of nitrogens with one attached hydrogen (secondary N) is 1. The van der Waals surface area contributed by atoms with Gasteiger partial charge in [0.2, 0.25) is 0 Å². The monoisotopic (exact) mass is 303 g/mol. The lowest BCUT2D eigenvalue weighted by molar-refractivity contribution is 0.0416. The van der Waals surface area contributed by atoms with Crippen molar-refractivity contribution in [1.82, 2.24) is 0 Å². The molecular weight excluding hydrogens is 287 g/mol. The Kier molecular flexibility index (Phi) is 3.39. The molecular formula is C15H17ClF3N. The van der Waals surface area contributed by atoms with Crippen molar-refractivity contribution in [3.63, 3.8) is 0 Å². The van der Waals surface area contributed by atoms with Gasteiger partial charge < -0.3 is 5.32 Å². The van der Waals surface area contributed by atoms with E-state index in [0.29, 0.717) is 18.8 Å². The maximum absolute atomic E-state index is 13.3. The van der Waals surface area contributed by atoms with Crippen LogP contribution in [-0.4, -0.2) is 12.5 Å². The van der Waals surface area contributed by atoms with Crippen molar-refractivity contribution in [3.8, 4) is 0 Å². The van der Waals surface area contributed by atoms with Gasteiger partial charge in [0.25, 0.3) is 5.92 Å². The third-order valence-electron chi connectivity index (χ3n) is 4.79. The molecule has 1 aromatic carbocycles. The summed E-state index contributed by atoms with van der Waals surface area (Å²) in [5, 5.41) is 3.31. The molecule has 2 fully saturated rings. The first-order chi connectivity index (χ1) is 9.42. The van der Waals surface area contributed by atoms with Crippen molar-refractivity contribution in [3.05, 3.63) is 29.0 Å². The minimum atomic E-state index is -2.42. The second-order valence-corrected chi connectivity index (χ2v) is 6.52. The molecule has 110 valence electrons. The number of rotatable bonds is 3. The fourth-order valence-corrected chi connectivity index (χ4v) is 3.41. The normalized spacial score (nSPS) is 31.3. The average molecular weight is 304 g/mol. The number of benzene rings is 1. The Morgan fingerprint density at radius 1 is 1.25 bits per heavy atom. The van der Waals surface area contributed by atoms with Crippen LogP contribution in [0.5, 0.6) is 0 Å². The molecule has 0 unspecified atom stereocenters. The first-order valence-electron chi connectivity index (χ1n) is 6.99. The van der Waals surface area contributed by atoms with Gasteiger partial charge in [-0.2, -0.15) is 0 Å². The van der Waals surface area contributed by atoms with Gasteiger partial charge in [0, 0.05) is 24.1 Å². The standard InChI is InChI=1S/C15H17ClF3N/c16-12-7-11(1-2-13(12)17)20-8-10-3-5-14(6-4-10)9-15(14,18)19/h1-2,7,10,20H,3-6,8-9H2. The molecule has 5 heteroatoms. The molecule has 3 rings (SSSR count). The minimum Gasteiger partial charge on any atom is -0.385 e. The molecule has 20 heavy (non-hydrogen) atoms. The Labute approximate surface area is 121 Å². The van der Waals surface area contributed by atoms with Gasteiger partial charge in [-0.25, -0.2) is 13.2 Å². The van der Waals surface area contributed by atoms with E-state index < -0.39 is 17.2 Å². The lowest BCUT2D eigenvalue weighted by Gasteiger charge is -2.29. The van der Waals surface area contributed by atoms with E-state index in [1.54, 1.807) is 12.1 Å². The molecule has 1 spiro atoms. The van der Waals surface area contributed by atoms with Crippen LogP contribution in [-0.2, 0) is 0 Å². The van der Waals surface area contributed by atoms with Gasteiger partial charge in [-0.05, 0) is 49.8 Å². The molecule has 0 amide bonds. The minimum absolute atomic E-state index is 0.0771. The van der Waals surface area contributed by atoms with Crippen molar-refractivity contribution in [1.29, 1.82) is 0 Å². The lowest BCUT2D eigenvalue weighted by atomic mass is 9.79. The maximum Gasteiger partial charge on any atom is 0.254 e. The number of alkyl halides is 2. The topological polar surface area (TPSA) is 12.0 Å². The quantitative estimate of drug-likeness (QED) is 0.818. The number of anilines is 1. The van der Waals surface area contributed by atoms with Crippen LogP contribution in [0.4, 0.5) is 18.9 Å². The van der Waals surface area contributed by atoms with Crippen LogP contribution in [0.15, 0.2) is 18.2 Å². The van der Waals surface area contributed by atoms with Crippen LogP contribution in [0.3, 0.4) is 0 Å². The second kappa shape index (κ2) is 4.83. The van der Waals surface area contributed by atoms with Gasteiger partial charge in [0.15, 0.2) is 0 Å². The highest BCUT2D eigenvalue weighted by atomic mass is 35.5. The molecule has 0 aliphatic heterocycles. The summed E-state index contributed by atoms with van der Waals surface area (Å²) in [6.45, 7) is 0.726. The van der Waals surface area contributed by atoms with Crippen LogP contribution in [0.25, 0.3) is 0 Å². The van der Waals surface area contributed by atoms with E-state index in [4.69, 9.17) is 11.6 Å². The third-order valence-corrected chi connectivity index (χ3v) is 5.08. The molecule has 0 atom stereocenters. The Morgan fingerprint density at radius 2 is 1.90 bits per heavy atom. The first-order valence-corrected chi connectivity index (χ1v) is 7.36. The van der Waals surface area contributed by atoms with Crippen LogP contribution in [0.2, 0.25) is 5.02 Å². The summed E-state index contributed by atoms with van der Waals surface area (Å²) in [7, 11) is 0. The van der Waals surface area contributed by atoms with E-state index >= 15 is 0 Å². The van der Waals surface area contributed by atoms with Crippen LogP contribution >= 0.6 is 11.6 Å². The van der Waals surface area contributed by atoms with Gasteiger partial charge in [-0.15, -0.1) is 0 Å². The van der Waals surface area contributed by atoms with Crippen LogP contribution < -0.4 is 5.32 Å². The molecule has 0 aromatic heterocycles. The van der Waals surface area contributed by atoms with Gasteiger partial charge in [0.05, 0.1) is 5.02 Å². The SMILES string of the molecule is Fc1ccc(NCC2CCC3(CC2)CC3(F)F)cc1Cl. The van der Waals surface area contributed by atoms with Crippen molar-refractivity contribution in [2.45, 2.75) is 38.0 Å². The predicted octanol–water partition coefficient (Wildman–Crippen LogP) is 5.11. The Morgan fingerprint density at radius 3 is 2.45 bits per heavy atom. The fourth-order valence-electron chi connectivity index (χ4n) is 3.23. The molecule has 0 heterocycles.